The number of para-hydroxylation sites is 4. The van der Waals surface area contributed by atoms with Crippen molar-refractivity contribution in [2.24, 2.45) is 0 Å². The SMILES string of the molecule is COc1ccc2c(c1)N(c1c(-c3ccc(C#N)cc3)cc(-n3c4ccc(N(c5ccccc5)c5ccccc5)cc4c4cc(N(c5ccccc5)c5ccccc5)ccc43)cc1-c1ccc(C#N)cc1)c1cc(OC)ccc1O2. The van der Waals surface area contributed by atoms with E-state index in [1.54, 1.807) is 14.2 Å². The topological polar surface area (TPSA) is 89.9 Å². The number of aromatic nitrogens is 1. The summed E-state index contributed by atoms with van der Waals surface area (Å²) >= 11 is 0. The Bertz CT molecular complexity index is 3970. The maximum Gasteiger partial charge on any atom is 0.151 e. The number of nitriles is 2. The van der Waals surface area contributed by atoms with Crippen molar-refractivity contribution in [3.63, 3.8) is 0 Å². The van der Waals surface area contributed by atoms with Gasteiger partial charge in [-0.25, -0.2) is 0 Å². The van der Waals surface area contributed by atoms with Crippen molar-refractivity contribution < 1.29 is 14.2 Å². The highest BCUT2D eigenvalue weighted by Gasteiger charge is 2.32. The molecular weight excluding hydrogens is 973 g/mol. The largest absolute Gasteiger partial charge is 0.497 e. The first-order valence-corrected chi connectivity index (χ1v) is 25.9. The van der Waals surface area contributed by atoms with Crippen LogP contribution in [0.4, 0.5) is 51.2 Å². The third kappa shape index (κ3) is 8.64. The van der Waals surface area contributed by atoms with Crippen LogP contribution in [-0.2, 0) is 0 Å². The summed E-state index contributed by atoms with van der Waals surface area (Å²) in [5.41, 5.74) is 15.9. The van der Waals surface area contributed by atoms with E-state index in [0.29, 0.717) is 34.1 Å². The van der Waals surface area contributed by atoms with Crippen LogP contribution in [0.2, 0.25) is 0 Å². The van der Waals surface area contributed by atoms with Crippen LogP contribution in [0.3, 0.4) is 0 Å². The van der Waals surface area contributed by atoms with E-state index in [2.05, 4.69) is 177 Å². The van der Waals surface area contributed by atoms with Crippen molar-refractivity contribution in [3.8, 4) is 63.1 Å². The van der Waals surface area contributed by atoms with Gasteiger partial charge in [0.15, 0.2) is 11.5 Å². The maximum absolute atomic E-state index is 10.1. The molecule has 0 saturated carbocycles. The van der Waals surface area contributed by atoms with Gasteiger partial charge < -0.3 is 33.5 Å². The Morgan fingerprint density at radius 1 is 0.392 bits per heavy atom. The number of benzene rings is 11. The molecule has 2 heterocycles. The number of ether oxygens (including phenoxy) is 3. The second-order valence-corrected chi connectivity index (χ2v) is 19.1. The Morgan fingerprint density at radius 3 is 1.13 bits per heavy atom. The zero-order valence-electron chi connectivity index (χ0n) is 43.2. The fraction of sp³-hybridized carbons (Fsp3) is 0.0286. The van der Waals surface area contributed by atoms with E-state index in [9.17, 15) is 10.5 Å². The summed E-state index contributed by atoms with van der Waals surface area (Å²) in [6.45, 7) is 0. The van der Waals surface area contributed by atoms with E-state index in [4.69, 9.17) is 14.2 Å². The molecule has 0 bridgehead atoms. The molecule has 11 aromatic carbocycles. The Labute approximate surface area is 458 Å². The molecule has 9 heteroatoms. The third-order valence-electron chi connectivity index (χ3n) is 14.6. The molecule has 1 aromatic heterocycles. The number of hydrogen-bond acceptors (Lipinski definition) is 8. The second-order valence-electron chi connectivity index (χ2n) is 19.1. The minimum absolute atomic E-state index is 0.541. The summed E-state index contributed by atoms with van der Waals surface area (Å²) in [6.07, 6.45) is 0. The maximum atomic E-state index is 10.1. The highest BCUT2D eigenvalue weighted by atomic mass is 16.5. The van der Waals surface area contributed by atoms with Crippen molar-refractivity contribution in [1.29, 1.82) is 10.5 Å². The average Bonchev–Trinajstić information content (AvgIpc) is 4.01. The number of hydrogen-bond donors (Lipinski definition) is 0. The molecule has 376 valence electrons. The molecule has 0 aliphatic carbocycles. The number of anilines is 9. The van der Waals surface area contributed by atoms with Gasteiger partial charge >= 0.3 is 0 Å². The molecule has 12 aromatic rings. The monoisotopic (exact) mass is 1020 g/mol. The van der Waals surface area contributed by atoms with Crippen molar-refractivity contribution >= 4 is 73.0 Å². The lowest BCUT2D eigenvalue weighted by Gasteiger charge is -2.36. The highest BCUT2D eigenvalue weighted by molar-refractivity contribution is 6.13. The Hall–Kier alpha value is -11.0. The Morgan fingerprint density at radius 2 is 0.772 bits per heavy atom. The molecule has 9 nitrogen and oxygen atoms in total. The molecule has 79 heavy (non-hydrogen) atoms. The minimum atomic E-state index is 0.541. The van der Waals surface area contributed by atoms with Crippen molar-refractivity contribution in [3.05, 3.63) is 266 Å². The minimum Gasteiger partial charge on any atom is -0.497 e. The van der Waals surface area contributed by atoms with Gasteiger partial charge in [0.1, 0.15) is 11.5 Å². The summed E-state index contributed by atoms with van der Waals surface area (Å²) < 4.78 is 20.8. The van der Waals surface area contributed by atoms with Crippen LogP contribution < -0.4 is 28.9 Å². The second kappa shape index (κ2) is 20.3. The fourth-order valence-corrected chi connectivity index (χ4v) is 10.9. The molecule has 1 aliphatic rings. The first-order chi connectivity index (χ1) is 39.0. The van der Waals surface area contributed by atoms with Gasteiger partial charge in [-0.3, -0.25) is 0 Å². The molecule has 0 fully saturated rings. The van der Waals surface area contributed by atoms with Crippen molar-refractivity contribution in [2.75, 3.05) is 28.9 Å². The molecule has 0 atom stereocenters. The van der Waals surface area contributed by atoms with Crippen LogP contribution in [0.15, 0.2) is 255 Å². The standard InChI is InChI=1S/C70H48N6O3/c1-77-58-33-37-68-66(43-58)76(67-44-59(78-2)34-38-69(67)79-68)70-60(49-27-23-47(45-71)24-28-49)41-57(42-61(70)50-29-25-48(46-72)26-30-50)75-64-35-31-55(73(51-15-7-3-8-16-51)52-17-9-4-10-18-52)39-62(64)63-40-56(32-36-65(63)75)74(53-19-11-5-12-20-53)54-21-13-6-14-22-54/h3-44H,1-2H3. The van der Waals surface area contributed by atoms with E-state index in [-0.39, 0.29) is 0 Å². The molecule has 0 spiro atoms. The molecule has 0 saturated heterocycles. The van der Waals surface area contributed by atoms with Crippen LogP contribution in [0.25, 0.3) is 49.7 Å². The van der Waals surface area contributed by atoms with Crippen LogP contribution in [0.1, 0.15) is 11.1 Å². The molecule has 0 N–H and O–H groups in total. The highest BCUT2D eigenvalue weighted by Crippen LogP contribution is 2.57. The van der Waals surface area contributed by atoms with E-state index in [1.807, 2.05) is 109 Å². The van der Waals surface area contributed by atoms with Crippen molar-refractivity contribution in [1.82, 2.24) is 4.57 Å². The zero-order chi connectivity index (χ0) is 53.4. The first kappa shape index (κ1) is 47.7. The van der Waals surface area contributed by atoms with Gasteiger partial charge in [0.25, 0.3) is 0 Å². The van der Waals surface area contributed by atoms with E-state index < -0.39 is 0 Å². The first-order valence-electron chi connectivity index (χ1n) is 25.9. The van der Waals surface area contributed by atoms with Crippen LogP contribution >= 0.6 is 0 Å². The lowest BCUT2D eigenvalue weighted by molar-refractivity contribution is 0.410. The molecule has 0 radical (unpaired) electrons. The number of nitrogens with zero attached hydrogens (tertiary/aromatic N) is 6. The van der Waals surface area contributed by atoms with Crippen molar-refractivity contribution in [2.45, 2.75) is 0 Å². The van der Waals surface area contributed by atoms with Crippen LogP contribution in [-0.4, -0.2) is 18.8 Å². The predicted molar refractivity (Wildman–Crippen MR) is 318 cm³/mol. The quantitative estimate of drug-likeness (QED) is 0.120. The summed E-state index contributed by atoms with van der Waals surface area (Å²) in [4.78, 5) is 6.82. The van der Waals surface area contributed by atoms with Gasteiger partial charge in [-0.2, -0.15) is 10.5 Å². The molecular formula is C70H48N6O3. The van der Waals surface area contributed by atoms with Crippen LogP contribution in [0.5, 0.6) is 23.0 Å². The number of methoxy groups -OCH3 is 2. The van der Waals surface area contributed by atoms with E-state index >= 15 is 0 Å². The fourth-order valence-electron chi connectivity index (χ4n) is 10.9. The summed E-state index contributed by atoms with van der Waals surface area (Å²) in [7, 11) is 3.32. The average molecular weight is 1020 g/mol. The van der Waals surface area contributed by atoms with E-state index in [1.165, 1.54) is 0 Å². The van der Waals surface area contributed by atoms with Gasteiger partial charge in [0, 0.05) is 73.8 Å². The third-order valence-corrected chi connectivity index (χ3v) is 14.6. The smallest absolute Gasteiger partial charge is 0.151 e. The predicted octanol–water partition coefficient (Wildman–Crippen LogP) is 18.4. The lowest BCUT2D eigenvalue weighted by atomic mass is 9.92. The molecule has 0 unspecified atom stereocenters. The van der Waals surface area contributed by atoms with E-state index in [0.717, 1.165) is 101 Å². The lowest BCUT2D eigenvalue weighted by Crippen LogP contribution is -2.18. The Kier molecular flexibility index (Phi) is 12.2. The molecule has 13 rings (SSSR count). The molecule has 1 aliphatic heterocycles. The van der Waals surface area contributed by atoms with Crippen LogP contribution in [0, 0.1) is 22.7 Å². The Balaban J connectivity index is 1.14. The molecule has 0 amide bonds. The van der Waals surface area contributed by atoms with Gasteiger partial charge in [0.05, 0.1) is 65.6 Å². The normalized spacial score (nSPS) is 11.5. The summed E-state index contributed by atoms with van der Waals surface area (Å²) in [5, 5.41) is 22.3. The summed E-state index contributed by atoms with van der Waals surface area (Å²) in [6, 6.07) is 91.7. The zero-order valence-corrected chi connectivity index (χ0v) is 43.2. The van der Waals surface area contributed by atoms with Gasteiger partial charge in [-0.15, -0.1) is 0 Å². The van der Waals surface area contributed by atoms with Gasteiger partial charge in [-0.05, 0) is 157 Å². The van der Waals surface area contributed by atoms with Gasteiger partial charge in [0.2, 0.25) is 0 Å². The number of fused-ring (bicyclic) bond motifs is 5. The number of rotatable bonds is 12. The van der Waals surface area contributed by atoms with Gasteiger partial charge in [-0.1, -0.05) is 97.1 Å². The summed E-state index contributed by atoms with van der Waals surface area (Å²) in [5.74, 6) is 2.56.